The molecule has 4 aromatic rings. The summed E-state index contributed by atoms with van der Waals surface area (Å²) >= 11 is 0. The topological polar surface area (TPSA) is 76.4 Å². The highest BCUT2D eigenvalue weighted by Crippen LogP contribution is 2.41. The van der Waals surface area contributed by atoms with Crippen molar-refractivity contribution in [2.24, 2.45) is 7.05 Å². The number of fused-ring (bicyclic) bond motifs is 3. The molecule has 0 radical (unpaired) electrons. The minimum absolute atomic E-state index is 0.174. The Morgan fingerprint density at radius 2 is 1.94 bits per heavy atom. The molecular weight excluding hydrogens is 466 g/mol. The van der Waals surface area contributed by atoms with Gasteiger partial charge in [-0.1, -0.05) is 0 Å². The molecule has 0 amide bonds. The van der Waals surface area contributed by atoms with E-state index < -0.39 is 11.6 Å². The smallest absolute Gasteiger partial charge is 0.191 e. The lowest BCUT2D eigenvalue weighted by atomic mass is 10.1. The van der Waals surface area contributed by atoms with Crippen LogP contribution < -0.4 is 9.64 Å². The molecule has 36 heavy (non-hydrogen) atoms. The van der Waals surface area contributed by atoms with E-state index in [1.807, 2.05) is 13.2 Å². The van der Waals surface area contributed by atoms with Gasteiger partial charge in [0.1, 0.15) is 5.69 Å². The Balaban J connectivity index is 1.77. The molecule has 0 atom stereocenters. The molecule has 0 unspecified atom stereocenters. The Hall–Kier alpha value is -3.92. The fourth-order valence-electron chi connectivity index (χ4n) is 4.62. The van der Waals surface area contributed by atoms with E-state index in [1.54, 1.807) is 34.1 Å². The summed E-state index contributed by atoms with van der Waals surface area (Å²) in [5.41, 5.74) is 3.59. The monoisotopic (exact) mass is 492 g/mol. The van der Waals surface area contributed by atoms with Crippen molar-refractivity contribution in [1.29, 1.82) is 0 Å². The number of hydrogen-bond donors (Lipinski definition) is 0. The van der Waals surface area contributed by atoms with Crippen LogP contribution in [0.1, 0.15) is 29.8 Å². The SMILES string of the molecule is COc1cc(C=O)c(F)c(N2CCN(C(C)C)Cc3c2ccc2ncc(-c4cnn(C)c4)nc32)c1F. The van der Waals surface area contributed by atoms with Crippen molar-refractivity contribution in [2.75, 3.05) is 25.1 Å². The number of rotatable bonds is 5. The molecule has 2 aromatic carbocycles. The summed E-state index contributed by atoms with van der Waals surface area (Å²) in [6.07, 6.45) is 5.63. The second kappa shape index (κ2) is 9.27. The number of ether oxygens (including phenoxy) is 1. The van der Waals surface area contributed by atoms with Crippen LogP contribution in [0.3, 0.4) is 0 Å². The van der Waals surface area contributed by atoms with Gasteiger partial charge in [-0.2, -0.15) is 5.10 Å². The lowest BCUT2D eigenvalue weighted by molar-refractivity contribution is 0.111. The third-order valence-electron chi connectivity index (χ3n) is 6.58. The number of methoxy groups -OCH3 is 1. The minimum atomic E-state index is -0.928. The van der Waals surface area contributed by atoms with Crippen LogP contribution in [-0.2, 0) is 13.6 Å². The predicted octanol–water partition coefficient (Wildman–Crippen LogP) is 4.49. The minimum Gasteiger partial charge on any atom is -0.494 e. The first kappa shape index (κ1) is 23.8. The number of halogens is 2. The summed E-state index contributed by atoms with van der Waals surface area (Å²) in [5, 5.41) is 4.22. The third kappa shape index (κ3) is 3.97. The zero-order chi connectivity index (χ0) is 25.6. The number of aryl methyl sites for hydroxylation is 1. The van der Waals surface area contributed by atoms with E-state index in [2.05, 4.69) is 28.8 Å². The van der Waals surface area contributed by atoms with Crippen LogP contribution in [0, 0.1) is 11.6 Å². The maximum atomic E-state index is 15.5. The molecule has 2 aromatic heterocycles. The number of nitrogens with zero attached hydrogens (tertiary/aromatic N) is 6. The summed E-state index contributed by atoms with van der Waals surface area (Å²) in [4.78, 5) is 24.9. The standard InChI is InChI=1S/C26H26F2N6O2/c1-15(2)33-7-8-34(26-23(27)16(14-35)9-22(36-4)24(26)28)21-6-5-19-25(18(21)13-33)31-20(11-29-19)17-10-30-32(3)12-17/h5-6,9-12,14-15H,7-8,13H2,1-4H3. The second-order valence-corrected chi connectivity index (χ2v) is 9.07. The predicted molar refractivity (Wildman–Crippen MR) is 133 cm³/mol. The Morgan fingerprint density at radius 3 is 2.61 bits per heavy atom. The Kier molecular flexibility index (Phi) is 6.13. The lowest BCUT2D eigenvalue weighted by Gasteiger charge is -2.27. The molecule has 0 fully saturated rings. The van der Waals surface area contributed by atoms with Gasteiger partial charge in [-0.25, -0.2) is 13.8 Å². The van der Waals surface area contributed by atoms with Gasteiger partial charge in [0, 0.05) is 55.7 Å². The van der Waals surface area contributed by atoms with Crippen LogP contribution in [0.25, 0.3) is 22.3 Å². The first-order valence-electron chi connectivity index (χ1n) is 11.6. The van der Waals surface area contributed by atoms with Gasteiger partial charge in [-0.15, -0.1) is 0 Å². The maximum Gasteiger partial charge on any atom is 0.191 e. The van der Waals surface area contributed by atoms with Gasteiger partial charge in [-0.05, 0) is 32.0 Å². The highest BCUT2D eigenvalue weighted by atomic mass is 19.1. The van der Waals surface area contributed by atoms with E-state index in [1.165, 1.54) is 7.11 Å². The molecule has 8 nitrogen and oxygen atoms in total. The second-order valence-electron chi connectivity index (χ2n) is 9.07. The molecule has 10 heteroatoms. The average Bonchev–Trinajstić information content (AvgIpc) is 3.21. The fraction of sp³-hybridized carbons (Fsp3) is 0.308. The molecule has 0 N–H and O–H groups in total. The van der Waals surface area contributed by atoms with Crippen LogP contribution in [-0.4, -0.2) is 57.2 Å². The normalized spacial score (nSPS) is 14.2. The van der Waals surface area contributed by atoms with Gasteiger partial charge < -0.3 is 9.64 Å². The van der Waals surface area contributed by atoms with Crippen molar-refractivity contribution < 1.29 is 18.3 Å². The molecule has 0 saturated carbocycles. The van der Waals surface area contributed by atoms with Gasteiger partial charge in [0.25, 0.3) is 0 Å². The first-order chi connectivity index (χ1) is 17.3. The van der Waals surface area contributed by atoms with E-state index in [4.69, 9.17) is 9.72 Å². The van der Waals surface area contributed by atoms with E-state index in [9.17, 15) is 4.79 Å². The van der Waals surface area contributed by atoms with Crippen molar-refractivity contribution >= 4 is 28.7 Å². The van der Waals surface area contributed by atoms with Crippen LogP contribution in [0.15, 0.2) is 36.8 Å². The number of benzene rings is 2. The third-order valence-corrected chi connectivity index (χ3v) is 6.58. The zero-order valence-electron chi connectivity index (χ0n) is 20.5. The summed E-state index contributed by atoms with van der Waals surface area (Å²) in [5.74, 6) is -1.98. The highest BCUT2D eigenvalue weighted by molar-refractivity contribution is 5.89. The molecule has 1 aliphatic rings. The Bertz CT molecular complexity index is 1470. The largest absolute Gasteiger partial charge is 0.494 e. The number of carbonyl (C=O) groups excluding carboxylic acids is 1. The molecule has 0 saturated heterocycles. The molecule has 0 bridgehead atoms. The summed E-state index contributed by atoms with van der Waals surface area (Å²) in [6.45, 7) is 5.50. The van der Waals surface area contributed by atoms with Crippen LogP contribution in [0.4, 0.5) is 20.2 Å². The molecule has 0 aliphatic carbocycles. The van der Waals surface area contributed by atoms with Crippen molar-refractivity contribution in [1.82, 2.24) is 24.6 Å². The number of aldehydes is 1. The van der Waals surface area contributed by atoms with E-state index >= 15 is 8.78 Å². The number of hydrogen-bond acceptors (Lipinski definition) is 7. The quantitative estimate of drug-likeness (QED) is 0.380. The summed E-state index contributed by atoms with van der Waals surface area (Å²) in [7, 11) is 3.11. The molecule has 1 aliphatic heterocycles. The molecule has 5 rings (SSSR count). The van der Waals surface area contributed by atoms with Crippen molar-refractivity contribution in [2.45, 2.75) is 26.4 Å². The first-order valence-corrected chi connectivity index (χ1v) is 11.6. The Morgan fingerprint density at radius 1 is 1.14 bits per heavy atom. The van der Waals surface area contributed by atoms with Crippen LogP contribution in [0.5, 0.6) is 5.75 Å². The summed E-state index contributed by atoms with van der Waals surface area (Å²) in [6, 6.07) is 4.85. The lowest BCUT2D eigenvalue weighted by Crippen LogP contribution is -2.34. The van der Waals surface area contributed by atoms with Gasteiger partial charge >= 0.3 is 0 Å². The van der Waals surface area contributed by atoms with Gasteiger partial charge in [0.05, 0.1) is 41.8 Å². The van der Waals surface area contributed by atoms with Crippen LogP contribution >= 0.6 is 0 Å². The van der Waals surface area contributed by atoms with Gasteiger partial charge in [-0.3, -0.25) is 19.4 Å². The van der Waals surface area contributed by atoms with Crippen LogP contribution in [0.2, 0.25) is 0 Å². The van der Waals surface area contributed by atoms with Crippen molar-refractivity contribution in [3.63, 3.8) is 0 Å². The van der Waals surface area contributed by atoms with Gasteiger partial charge in [0.2, 0.25) is 0 Å². The number of carbonyl (C=O) groups is 1. The molecule has 186 valence electrons. The van der Waals surface area contributed by atoms with Crippen molar-refractivity contribution in [3.8, 4) is 17.0 Å². The summed E-state index contributed by atoms with van der Waals surface area (Å²) < 4.78 is 37.9. The number of anilines is 2. The molecule has 3 heterocycles. The molecule has 0 spiro atoms. The van der Waals surface area contributed by atoms with E-state index in [0.29, 0.717) is 48.3 Å². The average molecular weight is 493 g/mol. The van der Waals surface area contributed by atoms with Gasteiger partial charge in [0.15, 0.2) is 23.7 Å². The maximum absolute atomic E-state index is 15.5. The zero-order valence-corrected chi connectivity index (χ0v) is 20.5. The highest BCUT2D eigenvalue weighted by Gasteiger charge is 2.31. The number of aromatic nitrogens is 4. The van der Waals surface area contributed by atoms with E-state index in [-0.39, 0.29) is 23.0 Å². The van der Waals surface area contributed by atoms with E-state index in [0.717, 1.165) is 17.2 Å². The Labute approximate surface area is 207 Å². The fourth-order valence-corrected chi connectivity index (χ4v) is 4.62. The molecular formula is C26H26F2N6O2. The van der Waals surface area contributed by atoms with Crippen molar-refractivity contribution in [3.05, 3.63) is 59.6 Å².